The second kappa shape index (κ2) is 8.75. The van der Waals surface area contributed by atoms with Crippen molar-refractivity contribution in [2.45, 2.75) is 33.4 Å². The number of carbonyl (C=O) groups is 1. The van der Waals surface area contributed by atoms with E-state index < -0.39 is 5.97 Å². The summed E-state index contributed by atoms with van der Waals surface area (Å²) < 4.78 is 10.4. The number of aromatic amines is 1. The van der Waals surface area contributed by atoms with Crippen LogP contribution in [0.1, 0.15) is 46.5 Å². The summed E-state index contributed by atoms with van der Waals surface area (Å²) in [6, 6.07) is 7.88. The van der Waals surface area contributed by atoms with Gasteiger partial charge in [0, 0.05) is 5.56 Å². The summed E-state index contributed by atoms with van der Waals surface area (Å²) in [5.74, 6) is 0.999. The first-order valence-electron chi connectivity index (χ1n) is 9.51. The Morgan fingerprint density at radius 2 is 2.14 bits per heavy atom. The number of aryl methyl sites for hydroxylation is 1. The van der Waals surface area contributed by atoms with E-state index in [9.17, 15) is 9.59 Å². The van der Waals surface area contributed by atoms with E-state index in [4.69, 9.17) is 9.47 Å². The van der Waals surface area contributed by atoms with Gasteiger partial charge in [0.25, 0.3) is 5.56 Å². The average Bonchev–Trinajstić information content (AvgIpc) is 3.04. The quantitative estimate of drug-likeness (QED) is 0.577. The van der Waals surface area contributed by atoms with Crippen LogP contribution >= 0.6 is 11.3 Å². The molecule has 2 atom stereocenters. The zero-order valence-electron chi connectivity index (χ0n) is 17.3. The Bertz CT molecular complexity index is 1090. The zero-order valence-corrected chi connectivity index (χ0v) is 18.1. The van der Waals surface area contributed by atoms with Crippen LogP contribution in [0.15, 0.2) is 29.1 Å². The van der Waals surface area contributed by atoms with Gasteiger partial charge in [-0.05, 0) is 38.5 Å². The molecule has 154 valence electrons. The second-order valence-electron chi connectivity index (χ2n) is 7.00. The lowest BCUT2D eigenvalue weighted by Gasteiger charge is -2.21. The minimum Gasteiger partial charge on any atom is -0.497 e. The van der Waals surface area contributed by atoms with Crippen LogP contribution in [-0.4, -0.2) is 36.7 Å². The van der Waals surface area contributed by atoms with Gasteiger partial charge in [-0.25, -0.2) is 9.78 Å². The molecule has 0 spiro atoms. The van der Waals surface area contributed by atoms with Crippen LogP contribution in [0.5, 0.6) is 5.75 Å². The van der Waals surface area contributed by atoms with Crippen molar-refractivity contribution in [3.8, 4) is 5.75 Å². The number of fused-ring (bicyclic) bond motifs is 1. The lowest BCUT2D eigenvalue weighted by Crippen LogP contribution is -3.07. The maximum atomic E-state index is 12.7. The molecule has 0 amide bonds. The number of esters is 1. The number of aromatic nitrogens is 2. The van der Waals surface area contributed by atoms with Gasteiger partial charge < -0.3 is 19.4 Å². The first kappa shape index (κ1) is 21.0. The number of carbonyl (C=O) groups excluding carboxylic acids is 1. The smallest absolute Gasteiger partial charge is 0.348 e. The number of ether oxygens (including phenoxy) is 2. The van der Waals surface area contributed by atoms with Crippen LogP contribution < -0.4 is 15.2 Å². The number of nitrogens with zero attached hydrogens (tertiary/aromatic N) is 1. The molecular formula is C21H26N3O4S+. The number of thiophene rings is 1. The van der Waals surface area contributed by atoms with Crippen LogP contribution in [0.25, 0.3) is 10.2 Å². The lowest BCUT2D eigenvalue weighted by atomic mass is 10.1. The molecule has 3 aromatic rings. The van der Waals surface area contributed by atoms with Crippen LogP contribution in [0.4, 0.5) is 0 Å². The third-order valence-electron chi connectivity index (χ3n) is 5.05. The van der Waals surface area contributed by atoms with Gasteiger partial charge in [-0.2, -0.15) is 0 Å². The van der Waals surface area contributed by atoms with E-state index in [0.717, 1.165) is 17.9 Å². The molecule has 2 aromatic heterocycles. The molecule has 1 aromatic carbocycles. The molecule has 0 aliphatic carbocycles. The highest BCUT2D eigenvalue weighted by molar-refractivity contribution is 7.20. The van der Waals surface area contributed by atoms with Crippen molar-refractivity contribution >= 4 is 27.5 Å². The van der Waals surface area contributed by atoms with E-state index in [-0.39, 0.29) is 18.2 Å². The highest BCUT2D eigenvalue weighted by Gasteiger charge is 2.24. The number of nitrogens with one attached hydrogen (secondary N) is 2. The number of rotatable bonds is 7. The van der Waals surface area contributed by atoms with Gasteiger partial charge in [0.05, 0.1) is 26.2 Å². The summed E-state index contributed by atoms with van der Waals surface area (Å²) >= 11 is 1.21. The largest absolute Gasteiger partial charge is 0.497 e. The Morgan fingerprint density at radius 3 is 2.83 bits per heavy atom. The summed E-state index contributed by atoms with van der Waals surface area (Å²) in [6.07, 6.45) is 0. The van der Waals surface area contributed by atoms with Gasteiger partial charge in [0.15, 0.2) is 5.82 Å². The molecule has 0 fully saturated rings. The molecule has 29 heavy (non-hydrogen) atoms. The molecule has 7 nitrogen and oxygen atoms in total. The number of benzene rings is 1. The first-order valence-corrected chi connectivity index (χ1v) is 10.3. The average molecular weight is 417 g/mol. The number of quaternary nitrogens is 1. The van der Waals surface area contributed by atoms with Crippen molar-refractivity contribution in [1.29, 1.82) is 0 Å². The van der Waals surface area contributed by atoms with E-state index in [1.54, 1.807) is 21.0 Å². The standard InChI is InChI=1S/C21H25N3O4S/c1-6-28-21(26)17-12(2)16-19(25)22-18(23-20(16)29-17)13(3)24(4)11-14-8-7-9-15(10-14)27-5/h7-10,13H,6,11H2,1-5H3,(H,22,23,25)/p+1/t13-/m1/s1. The number of hydrogen-bond donors (Lipinski definition) is 2. The predicted molar refractivity (Wildman–Crippen MR) is 113 cm³/mol. The monoisotopic (exact) mass is 416 g/mol. The van der Waals surface area contributed by atoms with Gasteiger partial charge in [0.1, 0.15) is 28.0 Å². The molecule has 1 unspecified atom stereocenters. The molecular weight excluding hydrogens is 390 g/mol. The third kappa shape index (κ3) is 4.33. The summed E-state index contributed by atoms with van der Waals surface area (Å²) in [7, 11) is 3.70. The molecule has 8 heteroatoms. The second-order valence-corrected chi connectivity index (χ2v) is 8.00. The van der Waals surface area contributed by atoms with Crippen molar-refractivity contribution in [3.05, 3.63) is 56.4 Å². The molecule has 0 saturated heterocycles. The summed E-state index contributed by atoms with van der Waals surface area (Å²) in [5, 5.41) is 0.458. The fraction of sp³-hybridized carbons (Fsp3) is 0.381. The Morgan fingerprint density at radius 1 is 1.38 bits per heavy atom. The van der Waals surface area contributed by atoms with Gasteiger partial charge in [-0.15, -0.1) is 11.3 Å². The van der Waals surface area contributed by atoms with E-state index >= 15 is 0 Å². The minimum absolute atomic E-state index is 0.0493. The van der Waals surface area contributed by atoms with Crippen molar-refractivity contribution in [1.82, 2.24) is 9.97 Å². The Labute approximate surface area is 173 Å². The zero-order chi connectivity index (χ0) is 21.1. The summed E-state index contributed by atoms with van der Waals surface area (Å²) in [6.45, 7) is 6.57. The normalized spacial score (nSPS) is 13.3. The molecule has 2 heterocycles. The topological polar surface area (TPSA) is 85.7 Å². The fourth-order valence-electron chi connectivity index (χ4n) is 3.25. The Kier molecular flexibility index (Phi) is 6.34. The van der Waals surface area contributed by atoms with Gasteiger partial charge in [-0.3, -0.25) is 4.79 Å². The van der Waals surface area contributed by atoms with Gasteiger partial charge in [-0.1, -0.05) is 12.1 Å². The highest BCUT2D eigenvalue weighted by Crippen LogP contribution is 2.28. The number of H-pyrrole nitrogens is 1. The van der Waals surface area contributed by atoms with Gasteiger partial charge >= 0.3 is 5.97 Å². The van der Waals surface area contributed by atoms with E-state index in [0.29, 0.717) is 26.5 Å². The molecule has 0 bridgehead atoms. The summed E-state index contributed by atoms with van der Waals surface area (Å²) in [4.78, 5) is 34.6. The van der Waals surface area contributed by atoms with Crippen molar-refractivity contribution in [2.75, 3.05) is 20.8 Å². The molecule has 0 radical (unpaired) electrons. The number of methoxy groups -OCH3 is 1. The molecule has 2 N–H and O–H groups in total. The first-order chi connectivity index (χ1) is 13.8. The van der Waals surface area contributed by atoms with Crippen LogP contribution in [-0.2, 0) is 11.3 Å². The Hall–Kier alpha value is -2.71. The van der Waals surface area contributed by atoms with Crippen molar-refractivity contribution in [3.63, 3.8) is 0 Å². The van der Waals surface area contributed by atoms with E-state index in [2.05, 4.69) is 17.0 Å². The maximum Gasteiger partial charge on any atom is 0.348 e. The fourth-order valence-corrected chi connectivity index (χ4v) is 4.33. The Balaban J connectivity index is 1.90. The van der Waals surface area contributed by atoms with Crippen LogP contribution in [0.3, 0.4) is 0 Å². The van der Waals surface area contributed by atoms with Crippen LogP contribution in [0.2, 0.25) is 0 Å². The van der Waals surface area contributed by atoms with Crippen molar-refractivity contribution in [2.24, 2.45) is 0 Å². The molecule has 3 rings (SSSR count). The van der Waals surface area contributed by atoms with Gasteiger partial charge in [0.2, 0.25) is 0 Å². The van der Waals surface area contributed by atoms with E-state index in [1.807, 2.05) is 31.2 Å². The maximum absolute atomic E-state index is 12.7. The minimum atomic E-state index is -0.414. The predicted octanol–water partition coefficient (Wildman–Crippen LogP) is 2.25. The van der Waals surface area contributed by atoms with Crippen LogP contribution in [0, 0.1) is 6.92 Å². The molecule has 0 aliphatic rings. The highest BCUT2D eigenvalue weighted by atomic mass is 32.1. The molecule has 0 saturated carbocycles. The summed E-state index contributed by atoms with van der Waals surface area (Å²) in [5.41, 5.74) is 1.53. The van der Waals surface area contributed by atoms with Crippen molar-refractivity contribution < 1.29 is 19.2 Å². The third-order valence-corrected chi connectivity index (χ3v) is 6.21. The SMILES string of the molecule is CCOC(=O)c1sc2nc([C@@H](C)[NH+](C)Cc3cccc(OC)c3)[nH]c(=O)c2c1C. The lowest BCUT2D eigenvalue weighted by molar-refractivity contribution is -0.924. The molecule has 0 aliphatic heterocycles. The van der Waals surface area contributed by atoms with E-state index in [1.165, 1.54) is 16.2 Å². The number of hydrogen-bond acceptors (Lipinski definition) is 6.